The fraction of sp³-hybridized carbons (Fsp3) is 0.417. The smallest absolute Gasteiger partial charge is 0.123 e. The van der Waals surface area contributed by atoms with E-state index >= 15 is 0 Å². The lowest BCUT2D eigenvalue weighted by molar-refractivity contribution is 0.313. The van der Waals surface area contributed by atoms with Crippen molar-refractivity contribution in [1.29, 1.82) is 5.26 Å². The van der Waals surface area contributed by atoms with Crippen molar-refractivity contribution in [1.82, 2.24) is 5.32 Å². The fourth-order valence-electron chi connectivity index (χ4n) is 1.24. The van der Waals surface area contributed by atoms with E-state index in [4.69, 9.17) is 10.00 Å². The topological polar surface area (TPSA) is 45.0 Å². The molecule has 0 bridgehead atoms. The molecule has 0 saturated heterocycles. The Balaban J connectivity index is 2.56. The van der Waals surface area contributed by atoms with Gasteiger partial charge in [-0.25, -0.2) is 0 Å². The Morgan fingerprint density at radius 2 is 2.27 bits per heavy atom. The van der Waals surface area contributed by atoms with Gasteiger partial charge in [-0.1, -0.05) is 13.0 Å². The highest BCUT2D eigenvalue weighted by Gasteiger charge is 2.00. The maximum atomic E-state index is 8.74. The Bertz CT molecular complexity index is 355. The first-order valence-corrected chi connectivity index (χ1v) is 5.12. The standard InChI is InChI=1S/C12H16N2O/c1-3-14-6-7-15-12-8-11(9-13)5-4-10(12)2/h4-5,8,14H,3,6-7H2,1-2H3. The molecule has 0 heterocycles. The van der Waals surface area contributed by atoms with Crippen LogP contribution in [-0.2, 0) is 0 Å². The number of likely N-dealkylation sites (N-methyl/N-ethyl adjacent to an activating group) is 1. The summed E-state index contributed by atoms with van der Waals surface area (Å²) in [6, 6.07) is 7.58. The van der Waals surface area contributed by atoms with Crippen molar-refractivity contribution in [3.63, 3.8) is 0 Å². The third-order valence-corrected chi connectivity index (χ3v) is 2.10. The van der Waals surface area contributed by atoms with E-state index in [0.717, 1.165) is 24.4 Å². The number of nitrogens with zero attached hydrogens (tertiary/aromatic N) is 1. The molecule has 1 aromatic carbocycles. The fourth-order valence-corrected chi connectivity index (χ4v) is 1.24. The van der Waals surface area contributed by atoms with Crippen LogP contribution in [0.1, 0.15) is 18.1 Å². The molecule has 0 radical (unpaired) electrons. The highest BCUT2D eigenvalue weighted by Crippen LogP contribution is 2.18. The number of benzene rings is 1. The summed E-state index contributed by atoms with van der Waals surface area (Å²) in [4.78, 5) is 0. The molecule has 0 aliphatic rings. The van der Waals surface area contributed by atoms with Gasteiger partial charge in [0.25, 0.3) is 0 Å². The minimum atomic E-state index is 0.629. The summed E-state index contributed by atoms with van der Waals surface area (Å²) in [5.74, 6) is 0.798. The van der Waals surface area contributed by atoms with Crippen LogP contribution < -0.4 is 10.1 Å². The Morgan fingerprint density at radius 3 is 2.93 bits per heavy atom. The van der Waals surface area contributed by atoms with E-state index in [9.17, 15) is 0 Å². The first-order chi connectivity index (χ1) is 7.27. The van der Waals surface area contributed by atoms with Crippen LogP contribution >= 0.6 is 0 Å². The molecule has 0 aliphatic heterocycles. The largest absolute Gasteiger partial charge is 0.492 e. The van der Waals surface area contributed by atoms with Gasteiger partial charge in [-0.3, -0.25) is 0 Å². The van der Waals surface area contributed by atoms with Crippen LogP contribution in [-0.4, -0.2) is 19.7 Å². The maximum Gasteiger partial charge on any atom is 0.123 e. The summed E-state index contributed by atoms with van der Waals surface area (Å²) < 4.78 is 5.57. The predicted molar refractivity (Wildman–Crippen MR) is 59.9 cm³/mol. The highest BCUT2D eigenvalue weighted by atomic mass is 16.5. The molecule has 0 saturated carbocycles. The molecule has 0 aromatic heterocycles. The summed E-state index contributed by atoms with van der Waals surface area (Å²) >= 11 is 0. The third-order valence-electron chi connectivity index (χ3n) is 2.10. The van der Waals surface area contributed by atoms with Gasteiger partial charge in [0, 0.05) is 6.54 Å². The monoisotopic (exact) mass is 204 g/mol. The molecule has 80 valence electrons. The first-order valence-electron chi connectivity index (χ1n) is 5.12. The number of nitriles is 1. The lowest BCUT2D eigenvalue weighted by atomic mass is 10.1. The highest BCUT2D eigenvalue weighted by molar-refractivity contribution is 5.41. The van der Waals surface area contributed by atoms with Gasteiger partial charge >= 0.3 is 0 Å². The molecule has 3 heteroatoms. The third kappa shape index (κ3) is 3.61. The van der Waals surface area contributed by atoms with Gasteiger partial charge in [0.15, 0.2) is 0 Å². The van der Waals surface area contributed by atoms with E-state index in [2.05, 4.69) is 18.3 Å². The quantitative estimate of drug-likeness (QED) is 0.744. The van der Waals surface area contributed by atoms with Crippen molar-refractivity contribution in [2.75, 3.05) is 19.7 Å². The Kier molecular flexibility index (Phi) is 4.65. The molecule has 15 heavy (non-hydrogen) atoms. The second-order valence-corrected chi connectivity index (χ2v) is 3.29. The van der Waals surface area contributed by atoms with Crippen LogP contribution in [0.3, 0.4) is 0 Å². The van der Waals surface area contributed by atoms with E-state index in [1.54, 1.807) is 12.1 Å². The summed E-state index contributed by atoms with van der Waals surface area (Å²) in [7, 11) is 0. The van der Waals surface area contributed by atoms with Crippen LogP contribution in [0.5, 0.6) is 5.75 Å². The van der Waals surface area contributed by atoms with Crippen molar-refractivity contribution in [3.05, 3.63) is 29.3 Å². The molecule has 1 rings (SSSR count). The number of rotatable bonds is 5. The molecule has 0 unspecified atom stereocenters. The number of ether oxygens (including phenoxy) is 1. The lowest BCUT2D eigenvalue weighted by Crippen LogP contribution is -2.20. The maximum absolute atomic E-state index is 8.74. The van der Waals surface area contributed by atoms with E-state index in [-0.39, 0.29) is 0 Å². The summed E-state index contributed by atoms with van der Waals surface area (Å²) in [6.07, 6.45) is 0. The number of aryl methyl sites for hydroxylation is 1. The molecule has 0 aliphatic carbocycles. The van der Waals surface area contributed by atoms with Gasteiger partial charge in [-0.15, -0.1) is 0 Å². The van der Waals surface area contributed by atoms with Crippen LogP contribution in [0, 0.1) is 18.3 Å². The van der Waals surface area contributed by atoms with Crippen LogP contribution in [0.2, 0.25) is 0 Å². The Morgan fingerprint density at radius 1 is 1.47 bits per heavy atom. The average Bonchev–Trinajstić information content (AvgIpc) is 2.26. The first kappa shape index (κ1) is 11.5. The lowest BCUT2D eigenvalue weighted by Gasteiger charge is -2.09. The number of hydrogen-bond donors (Lipinski definition) is 1. The van der Waals surface area contributed by atoms with Crippen molar-refractivity contribution in [2.45, 2.75) is 13.8 Å². The molecule has 0 atom stereocenters. The van der Waals surface area contributed by atoms with E-state index < -0.39 is 0 Å². The molecule has 3 nitrogen and oxygen atoms in total. The summed E-state index contributed by atoms with van der Waals surface area (Å²) in [5, 5.41) is 11.9. The van der Waals surface area contributed by atoms with Gasteiger partial charge in [-0.2, -0.15) is 5.26 Å². The zero-order valence-corrected chi connectivity index (χ0v) is 9.21. The Labute approximate surface area is 90.7 Å². The van der Waals surface area contributed by atoms with E-state index in [1.165, 1.54) is 0 Å². The van der Waals surface area contributed by atoms with Crippen molar-refractivity contribution in [3.8, 4) is 11.8 Å². The zero-order chi connectivity index (χ0) is 11.1. The van der Waals surface area contributed by atoms with Gasteiger partial charge in [0.2, 0.25) is 0 Å². The van der Waals surface area contributed by atoms with Gasteiger partial charge in [0.05, 0.1) is 11.6 Å². The molecule has 1 aromatic rings. The summed E-state index contributed by atoms with van der Waals surface area (Å²) in [5.41, 5.74) is 1.70. The van der Waals surface area contributed by atoms with Gasteiger partial charge in [-0.05, 0) is 31.2 Å². The normalized spacial score (nSPS) is 9.67. The average molecular weight is 204 g/mol. The number of nitrogens with one attached hydrogen (secondary N) is 1. The number of hydrogen-bond acceptors (Lipinski definition) is 3. The Hall–Kier alpha value is -1.53. The van der Waals surface area contributed by atoms with Crippen LogP contribution in [0.4, 0.5) is 0 Å². The van der Waals surface area contributed by atoms with Crippen LogP contribution in [0.15, 0.2) is 18.2 Å². The minimum Gasteiger partial charge on any atom is -0.492 e. The molecule has 0 spiro atoms. The van der Waals surface area contributed by atoms with Crippen molar-refractivity contribution in [2.24, 2.45) is 0 Å². The zero-order valence-electron chi connectivity index (χ0n) is 9.21. The molecular formula is C12H16N2O. The molecule has 0 amide bonds. The van der Waals surface area contributed by atoms with Crippen LogP contribution in [0.25, 0.3) is 0 Å². The van der Waals surface area contributed by atoms with Gasteiger partial charge in [0.1, 0.15) is 12.4 Å². The van der Waals surface area contributed by atoms with Crippen molar-refractivity contribution >= 4 is 0 Å². The second-order valence-electron chi connectivity index (χ2n) is 3.29. The summed E-state index contributed by atoms with van der Waals surface area (Å²) in [6.45, 7) is 6.43. The van der Waals surface area contributed by atoms with E-state index in [0.29, 0.717) is 12.2 Å². The molecule has 0 fully saturated rings. The SMILES string of the molecule is CCNCCOc1cc(C#N)ccc1C. The molecule has 1 N–H and O–H groups in total. The molecular weight excluding hydrogens is 188 g/mol. The van der Waals surface area contributed by atoms with Gasteiger partial charge < -0.3 is 10.1 Å². The van der Waals surface area contributed by atoms with E-state index in [1.807, 2.05) is 13.0 Å². The second kappa shape index (κ2) is 6.05. The predicted octanol–water partition coefficient (Wildman–Crippen LogP) is 1.85. The minimum absolute atomic E-state index is 0.629. The van der Waals surface area contributed by atoms with Crippen molar-refractivity contribution < 1.29 is 4.74 Å².